The van der Waals surface area contributed by atoms with Gasteiger partial charge in [-0.3, -0.25) is 4.57 Å². The minimum atomic E-state index is 0.771. The number of hydrogen-bond donors (Lipinski definition) is 1. The second-order valence-electron chi connectivity index (χ2n) is 4.72. The van der Waals surface area contributed by atoms with E-state index in [1.807, 2.05) is 19.3 Å². The lowest BCUT2D eigenvalue weighted by atomic mass is 10.1. The van der Waals surface area contributed by atoms with Crippen molar-refractivity contribution in [3.05, 3.63) is 40.6 Å². The molecule has 0 saturated heterocycles. The molecule has 1 heterocycles. The minimum absolute atomic E-state index is 0.771. The maximum absolute atomic E-state index is 5.35. The molecule has 0 unspecified atom stereocenters. The van der Waals surface area contributed by atoms with E-state index in [1.165, 1.54) is 11.3 Å². The molecule has 0 radical (unpaired) electrons. The predicted octanol–water partition coefficient (Wildman–Crippen LogP) is 4.04. The van der Waals surface area contributed by atoms with E-state index in [4.69, 9.17) is 4.74 Å². The Bertz CT molecular complexity index is 568. The lowest BCUT2D eigenvalue weighted by Crippen LogP contribution is -2.10. The molecule has 0 bridgehead atoms. The molecule has 2 aromatic rings. The van der Waals surface area contributed by atoms with Crippen molar-refractivity contribution >= 4 is 21.9 Å². The van der Waals surface area contributed by atoms with Crippen molar-refractivity contribution in [1.82, 2.24) is 9.55 Å². The van der Waals surface area contributed by atoms with Crippen LogP contribution in [0.3, 0.4) is 0 Å². The third-order valence-corrected chi connectivity index (χ3v) is 3.77. The smallest absolute Gasteiger partial charge is 0.207 e. The lowest BCUT2D eigenvalue weighted by molar-refractivity contribution is 0.147. The van der Waals surface area contributed by atoms with Gasteiger partial charge in [-0.05, 0) is 43.5 Å². The Morgan fingerprint density at radius 1 is 1.33 bits per heavy atom. The molecule has 0 atom stereocenters. The van der Waals surface area contributed by atoms with E-state index in [0.717, 1.165) is 43.0 Å². The van der Waals surface area contributed by atoms with Gasteiger partial charge < -0.3 is 10.1 Å². The summed E-state index contributed by atoms with van der Waals surface area (Å²) in [7, 11) is 0. The second kappa shape index (κ2) is 8.20. The van der Waals surface area contributed by atoms with Gasteiger partial charge in [-0.25, -0.2) is 4.98 Å². The molecule has 2 rings (SSSR count). The van der Waals surface area contributed by atoms with Crippen molar-refractivity contribution in [1.29, 1.82) is 0 Å². The zero-order valence-electron chi connectivity index (χ0n) is 12.6. The van der Waals surface area contributed by atoms with E-state index in [2.05, 4.69) is 55.9 Å². The highest BCUT2D eigenvalue weighted by molar-refractivity contribution is 9.10. The summed E-state index contributed by atoms with van der Waals surface area (Å²) < 4.78 is 8.55. The van der Waals surface area contributed by atoms with Crippen LogP contribution in [-0.4, -0.2) is 29.3 Å². The van der Waals surface area contributed by atoms with Gasteiger partial charge in [0.2, 0.25) is 5.95 Å². The van der Waals surface area contributed by atoms with Crippen LogP contribution < -0.4 is 5.32 Å². The van der Waals surface area contributed by atoms with Crippen molar-refractivity contribution in [2.45, 2.75) is 26.7 Å². The Morgan fingerprint density at radius 3 is 2.95 bits per heavy atom. The molecule has 114 valence electrons. The summed E-state index contributed by atoms with van der Waals surface area (Å²) in [5.41, 5.74) is 2.46. The Hall–Kier alpha value is -1.33. The number of aromatic nitrogens is 2. The first kappa shape index (κ1) is 16.0. The summed E-state index contributed by atoms with van der Waals surface area (Å²) >= 11 is 3.53. The SMILES string of the molecule is CCOCCCNc1nccn1-c1ccc(Br)cc1CC. The van der Waals surface area contributed by atoms with Crippen LogP contribution in [0.1, 0.15) is 25.8 Å². The largest absolute Gasteiger partial charge is 0.382 e. The van der Waals surface area contributed by atoms with Gasteiger partial charge in [-0.2, -0.15) is 0 Å². The van der Waals surface area contributed by atoms with Gasteiger partial charge in [-0.15, -0.1) is 0 Å². The summed E-state index contributed by atoms with van der Waals surface area (Å²) in [5, 5.41) is 3.38. The number of nitrogens with zero attached hydrogens (tertiary/aromatic N) is 2. The van der Waals surface area contributed by atoms with Gasteiger partial charge in [-0.1, -0.05) is 22.9 Å². The first-order chi connectivity index (χ1) is 10.3. The van der Waals surface area contributed by atoms with E-state index in [0.29, 0.717) is 0 Å². The monoisotopic (exact) mass is 351 g/mol. The maximum atomic E-state index is 5.35. The highest BCUT2D eigenvalue weighted by Crippen LogP contribution is 2.23. The molecule has 0 aliphatic rings. The van der Waals surface area contributed by atoms with Crippen molar-refractivity contribution in [3.8, 4) is 5.69 Å². The van der Waals surface area contributed by atoms with Crippen LogP contribution in [0.4, 0.5) is 5.95 Å². The van der Waals surface area contributed by atoms with E-state index in [1.54, 1.807) is 0 Å². The van der Waals surface area contributed by atoms with Crippen LogP contribution in [-0.2, 0) is 11.2 Å². The normalized spacial score (nSPS) is 10.8. The van der Waals surface area contributed by atoms with Gasteiger partial charge in [0.05, 0.1) is 5.69 Å². The van der Waals surface area contributed by atoms with Gasteiger partial charge >= 0.3 is 0 Å². The number of rotatable bonds is 8. The van der Waals surface area contributed by atoms with E-state index >= 15 is 0 Å². The third kappa shape index (κ3) is 4.32. The van der Waals surface area contributed by atoms with Gasteiger partial charge in [0.25, 0.3) is 0 Å². The Labute approximate surface area is 134 Å². The van der Waals surface area contributed by atoms with Crippen molar-refractivity contribution in [2.75, 3.05) is 25.1 Å². The number of ether oxygens (including phenoxy) is 1. The molecule has 0 fully saturated rings. The summed E-state index contributed by atoms with van der Waals surface area (Å²) in [4.78, 5) is 4.41. The number of hydrogen-bond acceptors (Lipinski definition) is 3. The number of halogens is 1. The summed E-state index contributed by atoms with van der Waals surface area (Å²) in [6, 6.07) is 6.34. The van der Waals surface area contributed by atoms with Crippen LogP contribution in [0.25, 0.3) is 5.69 Å². The topological polar surface area (TPSA) is 39.1 Å². The zero-order chi connectivity index (χ0) is 15.1. The van der Waals surface area contributed by atoms with Crippen molar-refractivity contribution in [3.63, 3.8) is 0 Å². The van der Waals surface area contributed by atoms with E-state index < -0.39 is 0 Å². The molecule has 1 N–H and O–H groups in total. The van der Waals surface area contributed by atoms with Crippen LogP contribution in [0.2, 0.25) is 0 Å². The Kier molecular flexibility index (Phi) is 6.26. The quantitative estimate of drug-likeness (QED) is 0.729. The molecule has 0 amide bonds. The summed E-state index contributed by atoms with van der Waals surface area (Å²) in [6.07, 6.45) is 5.78. The molecule has 21 heavy (non-hydrogen) atoms. The molecule has 0 aliphatic heterocycles. The fourth-order valence-corrected chi connectivity index (χ4v) is 2.63. The standard InChI is InChI=1S/C16H22BrN3O/c1-3-13-12-14(17)6-7-15(13)20-10-9-19-16(20)18-8-5-11-21-4-2/h6-7,9-10,12H,3-5,8,11H2,1-2H3,(H,18,19). The highest BCUT2D eigenvalue weighted by Gasteiger charge is 2.08. The number of benzene rings is 1. The zero-order valence-corrected chi connectivity index (χ0v) is 14.2. The van der Waals surface area contributed by atoms with Crippen LogP contribution in [0.15, 0.2) is 35.1 Å². The lowest BCUT2D eigenvalue weighted by Gasteiger charge is -2.13. The van der Waals surface area contributed by atoms with Gasteiger partial charge in [0.1, 0.15) is 0 Å². The van der Waals surface area contributed by atoms with Crippen LogP contribution in [0, 0.1) is 0 Å². The Morgan fingerprint density at radius 2 is 2.19 bits per heavy atom. The van der Waals surface area contributed by atoms with Crippen molar-refractivity contribution in [2.24, 2.45) is 0 Å². The summed E-state index contributed by atoms with van der Waals surface area (Å²) in [5.74, 6) is 0.878. The van der Waals surface area contributed by atoms with E-state index in [9.17, 15) is 0 Å². The summed E-state index contributed by atoms with van der Waals surface area (Å²) in [6.45, 7) is 6.59. The minimum Gasteiger partial charge on any atom is -0.382 e. The number of aryl methyl sites for hydroxylation is 1. The molecule has 4 nitrogen and oxygen atoms in total. The third-order valence-electron chi connectivity index (χ3n) is 3.28. The fourth-order valence-electron chi connectivity index (χ4n) is 2.22. The molecule has 0 saturated carbocycles. The average molecular weight is 352 g/mol. The van der Waals surface area contributed by atoms with E-state index in [-0.39, 0.29) is 0 Å². The van der Waals surface area contributed by atoms with Crippen molar-refractivity contribution < 1.29 is 4.74 Å². The molecule has 5 heteroatoms. The second-order valence-corrected chi connectivity index (χ2v) is 5.64. The van der Waals surface area contributed by atoms with Crippen LogP contribution >= 0.6 is 15.9 Å². The van der Waals surface area contributed by atoms with Crippen LogP contribution in [0.5, 0.6) is 0 Å². The molecule has 0 aliphatic carbocycles. The average Bonchev–Trinajstić information content (AvgIpc) is 2.95. The van der Waals surface area contributed by atoms with Gasteiger partial charge in [0.15, 0.2) is 0 Å². The molecular formula is C16H22BrN3O. The molecule has 0 spiro atoms. The number of nitrogens with one attached hydrogen (secondary N) is 1. The first-order valence-corrected chi connectivity index (χ1v) is 8.19. The maximum Gasteiger partial charge on any atom is 0.207 e. The number of anilines is 1. The predicted molar refractivity (Wildman–Crippen MR) is 90.2 cm³/mol. The Balaban J connectivity index is 2.09. The molecular weight excluding hydrogens is 330 g/mol. The molecule has 1 aromatic carbocycles. The molecule has 1 aromatic heterocycles. The fraction of sp³-hybridized carbons (Fsp3) is 0.438. The van der Waals surface area contributed by atoms with Gasteiger partial charge in [0, 0.05) is 36.6 Å². The number of imidazole rings is 1. The highest BCUT2D eigenvalue weighted by atomic mass is 79.9. The first-order valence-electron chi connectivity index (χ1n) is 7.40.